The van der Waals surface area contributed by atoms with Crippen molar-refractivity contribution < 1.29 is 23.1 Å². The van der Waals surface area contributed by atoms with Gasteiger partial charge in [-0.1, -0.05) is 0 Å². The second kappa shape index (κ2) is 4.97. The molecule has 1 aromatic rings. The molecule has 0 radical (unpaired) electrons. The van der Waals surface area contributed by atoms with Crippen LogP contribution >= 0.6 is 0 Å². The lowest BCUT2D eigenvalue weighted by molar-refractivity contribution is 0.0912. The number of carbonyl (C=O) groups is 1. The molecule has 1 amide bonds. The number of methoxy groups -OCH3 is 1. The highest BCUT2D eigenvalue weighted by atomic mass is 32.2. The third kappa shape index (κ3) is 3.04. The van der Waals surface area contributed by atoms with E-state index in [-0.39, 0.29) is 22.8 Å². The number of hydrogen-bond acceptors (Lipinski definition) is 5. The minimum absolute atomic E-state index is 0.0634. The zero-order valence-corrected chi connectivity index (χ0v) is 12.2. The third-order valence-electron chi connectivity index (χ3n) is 3.37. The smallest absolute Gasteiger partial charge is 0.255 e. The Hall–Kier alpha value is -1.76. The van der Waals surface area contributed by atoms with Crippen molar-refractivity contribution in [2.75, 3.05) is 18.6 Å². The maximum atomic E-state index is 12.2. The van der Waals surface area contributed by atoms with E-state index in [9.17, 15) is 18.3 Å². The van der Waals surface area contributed by atoms with Gasteiger partial charge in [0.25, 0.3) is 5.91 Å². The first-order chi connectivity index (χ1) is 9.25. The highest BCUT2D eigenvalue weighted by Crippen LogP contribution is 2.26. The highest BCUT2D eigenvalue weighted by Gasteiger charge is 2.39. The van der Waals surface area contributed by atoms with Crippen molar-refractivity contribution in [3.05, 3.63) is 23.8 Å². The number of benzene rings is 1. The van der Waals surface area contributed by atoms with Crippen molar-refractivity contribution in [1.82, 2.24) is 5.32 Å². The Kier molecular flexibility index (Phi) is 3.64. The first-order valence-corrected chi connectivity index (χ1v) is 7.97. The maximum absolute atomic E-state index is 12.2. The molecule has 1 aromatic carbocycles. The van der Waals surface area contributed by atoms with E-state index in [4.69, 9.17) is 4.74 Å². The first kappa shape index (κ1) is 14.6. The minimum atomic E-state index is -3.11. The van der Waals surface area contributed by atoms with Gasteiger partial charge in [0.2, 0.25) is 0 Å². The van der Waals surface area contributed by atoms with Gasteiger partial charge in [0, 0.05) is 0 Å². The Morgan fingerprint density at radius 2 is 2.15 bits per heavy atom. The van der Waals surface area contributed by atoms with Gasteiger partial charge in [-0.2, -0.15) is 0 Å². The van der Waals surface area contributed by atoms with E-state index in [0.29, 0.717) is 12.2 Å². The average molecular weight is 299 g/mol. The number of aromatic hydroxyl groups is 1. The monoisotopic (exact) mass is 299 g/mol. The molecule has 1 unspecified atom stereocenters. The van der Waals surface area contributed by atoms with E-state index < -0.39 is 21.3 Å². The number of carbonyl (C=O) groups excluding carboxylic acids is 1. The normalized spacial score (nSPS) is 24.3. The molecule has 6 nitrogen and oxygen atoms in total. The summed E-state index contributed by atoms with van der Waals surface area (Å²) in [4.78, 5) is 12.2. The van der Waals surface area contributed by atoms with Crippen LogP contribution in [0.3, 0.4) is 0 Å². The van der Waals surface area contributed by atoms with E-state index in [2.05, 4.69) is 5.32 Å². The van der Waals surface area contributed by atoms with Gasteiger partial charge < -0.3 is 15.2 Å². The molecular weight excluding hydrogens is 282 g/mol. The summed E-state index contributed by atoms with van der Waals surface area (Å²) in [5.74, 6) is -0.268. The molecule has 0 bridgehead atoms. The zero-order valence-electron chi connectivity index (χ0n) is 11.3. The third-order valence-corrected chi connectivity index (χ3v) is 5.27. The summed E-state index contributed by atoms with van der Waals surface area (Å²) >= 11 is 0. The van der Waals surface area contributed by atoms with E-state index in [1.165, 1.54) is 25.3 Å². The molecule has 2 N–H and O–H groups in total. The Morgan fingerprint density at radius 3 is 2.70 bits per heavy atom. The van der Waals surface area contributed by atoms with Crippen LogP contribution in [0.5, 0.6) is 11.5 Å². The fourth-order valence-electron chi connectivity index (χ4n) is 2.27. The topological polar surface area (TPSA) is 92.7 Å². The molecule has 2 rings (SSSR count). The lowest BCUT2D eigenvalue weighted by Crippen LogP contribution is -2.46. The standard InChI is InChI=1S/C13H17NO5S/c1-13(5-6-20(17,18)8-13)14-12(16)10-7-9(19-2)3-4-11(10)15/h3-4,7,15H,5-6,8H2,1-2H3,(H,14,16). The second-order valence-electron chi connectivity index (χ2n) is 5.24. The van der Waals surface area contributed by atoms with Gasteiger partial charge in [-0.3, -0.25) is 4.79 Å². The molecule has 1 saturated heterocycles. The highest BCUT2D eigenvalue weighted by molar-refractivity contribution is 7.91. The van der Waals surface area contributed by atoms with Gasteiger partial charge in [0.05, 0.1) is 29.7 Å². The molecule has 0 spiro atoms. The van der Waals surface area contributed by atoms with E-state index in [1.807, 2.05) is 0 Å². The van der Waals surface area contributed by atoms with Gasteiger partial charge in [-0.25, -0.2) is 8.42 Å². The van der Waals surface area contributed by atoms with Gasteiger partial charge in [-0.05, 0) is 31.5 Å². The number of hydrogen-bond donors (Lipinski definition) is 2. The molecule has 1 atom stereocenters. The summed E-state index contributed by atoms with van der Waals surface area (Å²) in [5, 5.41) is 12.4. The predicted molar refractivity (Wildman–Crippen MR) is 73.8 cm³/mol. The Balaban J connectivity index is 2.21. The van der Waals surface area contributed by atoms with Crippen molar-refractivity contribution in [1.29, 1.82) is 0 Å². The number of nitrogens with one attached hydrogen (secondary N) is 1. The summed E-state index contributed by atoms with van der Waals surface area (Å²) in [7, 11) is -1.65. The quantitative estimate of drug-likeness (QED) is 0.857. The van der Waals surface area contributed by atoms with Crippen LogP contribution in [0.1, 0.15) is 23.7 Å². The summed E-state index contributed by atoms with van der Waals surface area (Å²) in [6.07, 6.45) is 0.367. The van der Waals surface area contributed by atoms with Crippen LogP contribution in [-0.4, -0.2) is 43.6 Å². The predicted octanol–water partition coefficient (Wildman–Crippen LogP) is 0.708. The molecule has 20 heavy (non-hydrogen) atoms. The van der Waals surface area contributed by atoms with E-state index in [1.54, 1.807) is 6.92 Å². The lowest BCUT2D eigenvalue weighted by atomic mass is 10.0. The number of rotatable bonds is 3. The van der Waals surface area contributed by atoms with Crippen LogP contribution < -0.4 is 10.1 Å². The number of sulfone groups is 1. The molecule has 0 aromatic heterocycles. The molecule has 0 saturated carbocycles. The molecule has 1 aliphatic heterocycles. The first-order valence-electron chi connectivity index (χ1n) is 6.15. The average Bonchev–Trinajstić information content (AvgIpc) is 2.63. The Bertz CT molecular complexity index is 640. The summed E-state index contributed by atoms with van der Waals surface area (Å²) in [5.41, 5.74) is -0.735. The second-order valence-corrected chi connectivity index (χ2v) is 7.42. The van der Waals surface area contributed by atoms with Crippen molar-refractivity contribution in [2.45, 2.75) is 18.9 Å². The molecular formula is C13H17NO5S. The lowest BCUT2D eigenvalue weighted by Gasteiger charge is -2.24. The molecule has 1 heterocycles. The summed E-state index contributed by atoms with van der Waals surface area (Å²) in [6.45, 7) is 1.69. The number of phenolic OH excluding ortho intramolecular Hbond substituents is 1. The van der Waals surface area contributed by atoms with Gasteiger partial charge in [0.15, 0.2) is 9.84 Å². The number of phenols is 1. The minimum Gasteiger partial charge on any atom is -0.507 e. The largest absolute Gasteiger partial charge is 0.507 e. The SMILES string of the molecule is COc1ccc(O)c(C(=O)NC2(C)CCS(=O)(=O)C2)c1. The summed E-state index contributed by atoms with van der Waals surface area (Å²) in [6, 6.07) is 4.31. The van der Waals surface area contributed by atoms with Crippen LogP contribution in [0.2, 0.25) is 0 Å². The van der Waals surface area contributed by atoms with Gasteiger partial charge in [-0.15, -0.1) is 0 Å². The molecule has 7 heteroatoms. The Morgan fingerprint density at radius 1 is 1.45 bits per heavy atom. The van der Waals surface area contributed by atoms with Crippen LogP contribution in [0, 0.1) is 0 Å². The van der Waals surface area contributed by atoms with Crippen molar-refractivity contribution in [3.63, 3.8) is 0 Å². The molecule has 110 valence electrons. The van der Waals surface area contributed by atoms with Gasteiger partial charge in [0.1, 0.15) is 11.5 Å². The molecule has 0 aliphatic carbocycles. The number of amides is 1. The maximum Gasteiger partial charge on any atom is 0.255 e. The molecule has 1 aliphatic rings. The summed E-state index contributed by atoms with van der Waals surface area (Å²) < 4.78 is 28.0. The van der Waals surface area contributed by atoms with Crippen LogP contribution in [0.15, 0.2) is 18.2 Å². The van der Waals surface area contributed by atoms with Crippen LogP contribution in [0.4, 0.5) is 0 Å². The number of ether oxygens (including phenoxy) is 1. The zero-order chi connectivity index (χ0) is 15.0. The van der Waals surface area contributed by atoms with E-state index in [0.717, 1.165) is 0 Å². The van der Waals surface area contributed by atoms with Crippen molar-refractivity contribution in [2.24, 2.45) is 0 Å². The molecule has 1 fully saturated rings. The van der Waals surface area contributed by atoms with Crippen LogP contribution in [-0.2, 0) is 9.84 Å². The van der Waals surface area contributed by atoms with Gasteiger partial charge >= 0.3 is 0 Å². The Labute approximate surface area is 117 Å². The van der Waals surface area contributed by atoms with Crippen LogP contribution in [0.25, 0.3) is 0 Å². The fourth-order valence-corrected chi connectivity index (χ4v) is 4.37. The van der Waals surface area contributed by atoms with Crippen molar-refractivity contribution in [3.8, 4) is 11.5 Å². The van der Waals surface area contributed by atoms with E-state index >= 15 is 0 Å². The fraction of sp³-hybridized carbons (Fsp3) is 0.462. The van der Waals surface area contributed by atoms with Crippen molar-refractivity contribution >= 4 is 15.7 Å².